The van der Waals surface area contributed by atoms with Crippen molar-refractivity contribution < 1.29 is 4.79 Å². The molecule has 1 heterocycles. The fraction of sp³-hybridized carbons (Fsp3) is 0.812. The molecule has 0 spiro atoms. The Morgan fingerprint density at radius 2 is 1.79 bits per heavy atom. The summed E-state index contributed by atoms with van der Waals surface area (Å²) in [5, 5.41) is 3.77. The third kappa shape index (κ3) is 4.07. The quantitative estimate of drug-likeness (QED) is 0.778. The SMILES string of the molecule is CC(C)(C)C(=O)N1CCC(N[C@@H]2CC=CCC2)CC1. The maximum Gasteiger partial charge on any atom is 0.227 e. The number of carbonyl (C=O) groups excluding carboxylic acids is 1. The molecule has 1 N–H and O–H groups in total. The summed E-state index contributed by atoms with van der Waals surface area (Å²) in [5.74, 6) is 0.298. The third-order valence-electron chi connectivity index (χ3n) is 4.16. The molecule has 1 amide bonds. The molecule has 0 unspecified atom stereocenters. The van der Waals surface area contributed by atoms with E-state index < -0.39 is 0 Å². The third-order valence-corrected chi connectivity index (χ3v) is 4.16. The zero-order valence-electron chi connectivity index (χ0n) is 12.6. The van der Waals surface area contributed by atoms with Gasteiger partial charge in [-0.15, -0.1) is 0 Å². The van der Waals surface area contributed by atoms with Gasteiger partial charge in [-0.3, -0.25) is 4.79 Å². The summed E-state index contributed by atoms with van der Waals surface area (Å²) < 4.78 is 0. The normalized spacial score (nSPS) is 25.6. The zero-order chi connectivity index (χ0) is 13.9. The molecule has 0 bridgehead atoms. The van der Waals surface area contributed by atoms with Gasteiger partial charge in [0, 0.05) is 30.6 Å². The molecule has 1 aliphatic carbocycles. The van der Waals surface area contributed by atoms with Crippen molar-refractivity contribution in [3.05, 3.63) is 12.2 Å². The highest BCUT2D eigenvalue weighted by Crippen LogP contribution is 2.22. The van der Waals surface area contributed by atoms with Crippen LogP contribution in [0.3, 0.4) is 0 Å². The molecule has 2 rings (SSSR count). The largest absolute Gasteiger partial charge is 0.342 e. The zero-order valence-corrected chi connectivity index (χ0v) is 12.6. The first-order valence-electron chi connectivity index (χ1n) is 7.67. The Balaban J connectivity index is 1.76. The molecule has 0 saturated carbocycles. The molecular formula is C16H28N2O. The molecule has 3 nitrogen and oxygen atoms in total. The van der Waals surface area contributed by atoms with Gasteiger partial charge in [0.05, 0.1) is 0 Å². The number of likely N-dealkylation sites (tertiary alicyclic amines) is 1. The van der Waals surface area contributed by atoms with Gasteiger partial charge >= 0.3 is 0 Å². The first-order chi connectivity index (χ1) is 8.97. The minimum atomic E-state index is -0.242. The highest BCUT2D eigenvalue weighted by molar-refractivity contribution is 5.81. The molecule has 108 valence electrons. The van der Waals surface area contributed by atoms with Crippen LogP contribution in [0.4, 0.5) is 0 Å². The van der Waals surface area contributed by atoms with Gasteiger partial charge in [0.15, 0.2) is 0 Å². The summed E-state index contributed by atoms with van der Waals surface area (Å²) in [6, 6.07) is 1.25. The van der Waals surface area contributed by atoms with Crippen LogP contribution in [-0.2, 0) is 4.79 Å². The Morgan fingerprint density at radius 1 is 1.11 bits per heavy atom. The van der Waals surface area contributed by atoms with Crippen LogP contribution in [0, 0.1) is 5.41 Å². The van der Waals surface area contributed by atoms with E-state index in [1.807, 2.05) is 25.7 Å². The van der Waals surface area contributed by atoms with Crippen LogP contribution in [0.5, 0.6) is 0 Å². The molecule has 1 saturated heterocycles. The Labute approximate surface area is 117 Å². The number of hydrogen-bond donors (Lipinski definition) is 1. The van der Waals surface area contributed by atoms with Crippen LogP contribution in [0.1, 0.15) is 52.9 Å². The average Bonchev–Trinajstić information content (AvgIpc) is 2.39. The lowest BCUT2D eigenvalue weighted by atomic mass is 9.92. The number of allylic oxidation sites excluding steroid dienone is 1. The van der Waals surface area contributed by atoms with Crippen LogP contribution in [0.2, 0.25) is 0 Å². The first kappa shape index (κ1) is 14.6. The molecule has 3 heteroatoms. The lowest BCUT2D eigenvalue weighted by molar-refractivity contribution is -0.140. The number of amides is 1. The summed E-state index contributed by atoms with van der Waals surface area (Å²) in [5.41, 5.74) is -0.242. The molecule has 1 aliphatic heterocycles. The van der Waals surface area contributed by atoms with Gasteiger partial charge in [-0.05, 0) is 32.1 Å². The molecule has 0 aromatic carbocycles. The summed E-state index contributed by atoms with van der Waals surface area (Å²) >= 11 is 0. The van der Waals surface area contributed by atoms with E-state index in [0.717, 1.165) is 25.9 Å². The first-order valence-corrected chi connectivity index (χ1v) is 7.67. The van der Waals surface area contributed by atoms with Crippen molar-refractivity contribution in [2.75, 3.05) is 13.1 Å². The Bertz CT molecular complexity index is 335. The number of hydrogen-bond acceptors (Lipinski definition) is 2. The van der Waals surface area contributed by atoms with Gasteiger partial charge in [-0.25, -0.2) is 0 Å². The number of nitrogens with zero attached hydrogens (tertiary/aromatic N) is 1. The van der Waals surface area contributed by atoms with Crippen molar-refractivity contribution in [1.29, 1.82) is 0 Å². The maximum absolute atomic E-state index is 12.2. The van der Waals surface area contributed by atoms with Crippen molar-refractivity contribution in [2.24, 2.45) is 5.41 Å². The number of rotatable bonds is 2. The predicted molar refractivity (Wildman–Crippen MR) is 79.0 cm³/mol. The second-order valence-electron chi connectivity index (χ2n) is 6.96. The predicted octanol–water partition coefficient (Wildman–Crippen LogP) is 2.72. The Morgan fingerprint density at radius 3 is 2.32 bits per heavy atom. The number of piperidine rings is 1. The lowest BCUT2D eigenvalue weighted by Gasteiger charge is -2.37. The van der Waals surface area contributed by atoms with E-state index in [1.54, 1.807) is 0 Å². The van der Waals surface area contributed by atoms with Crippen LogP contribution in [0.25, 0.3) is 0 Å². The second-order valence-corrected chi connectivity index (χ2v) is 6.96. The molecule has 0 radical (unpaired) electrons. The standard InChI is InChI=1S/C16H28N2O/c1-16(2,3)15(19)18-11-9-14(10-12-18)17-13-7-5-4-6-8-13/h4-5,13-14,17H,6-12H2,1-3H3/t13-/m1/s1. The van der Waals surface area contributed by atoms with E-state index in [4.69, 9.17) is 0 Å². The van der Waals surface area contributed by atoms with Gasteiger partial charge < -0.3 is 10.2 Å². The topological polar surface area (TPSA) is 32.3 Å². The minimum absolute atomic E-state index is 0.242. The Kier molecular flexibility index (Phi) is 4.67. The van der Waals surface area contributed by atoms with Crippen LogP contribution < -0.4 is 5.32 Å². The maximum atomic E-state index is 12.2. The van der Waals surface area contributed by atoms with Crippen LogP contribution >= 0.6 is 0 Å². The monoisotopic (exact) mass is 264 g/mol. The molecule has 19 heavy (non-hydrogen) atoms. The van der Waals surface area contributed by atoms with E-state index >= 15 is 0 Å². The highest BCUT2D eigenvalue weighted by atomic mass is 16.2. The second kappa shape index (κ2) is 6.08. The van der Waals surface area contributed by atoms with E-state index in [1.165, 1.54) is 19.3 Å². The number of carbonyl (C=O) groups is 1. The Hall–Kier alpha value is -0.830. The van der Waals surface area contributed by atoms with E-state index in [-0.39, 0.29) is 5.41 Å². The molecule has 0 aromatic rings. The van der Waals surface area contributed by atoms with Gasteiger partial charge in [0.2, 0.25) is 5.91 Å². The minimum Gasteiger partial charge on any atom is -0.342 e. The van der Waals surface area contributed by atoms with Crippen molar-refractivity contribution in [3.8, 4) is 0 Å². The van der Waals surface area contributed by atoms with Gasteiger partial charge in [-0.2, -0.15) is 0 Å². The molecule has 1 atom stereocenters. The summed E-state index contributed by atoms with van der Waals surface area (Å²) in [6.45, 7) is 7.85. The fourth-order valence-corrected chi connectivity index (χ4v) is 3.00. The van der Waals surface area contributed by atoms with E-state index in [2.05, 4.69) is 17.5 Å². The van der Waals surface area contributed by atoms with Crippen molar-refractivity contribution >= 4 is 5.91 Å². The molecule has 0 aromatic heterocycles. The van der Waals surface area contributed by atoms with Crippen molar-refractivity contribution in [3.63, 3.8) is 0 Å². The lowest BCUT2D eigenvalue weighted by Crippen LogP contribution is -2.50. The average molecular weight is 264 g/mol. The van der Waals surface area contributed by atoms with Crippen LogP contribution in [-0.4, -0.2) is 36.0 Å². The van der Waals surface area contributed by atoms with E-state index in [9.17, 15) is 4.79 Å². The molecule has 2 aliphatic rings. The molecule has 1 fully saturated rings. The summed E-state index contributed by atoms with van der Waals surface area (Å²) in [4.78, 5) is 14.3. The molecular weight excluding hydrogens is 236 g/mol. The van der Waals surface area contributed by atoms with Gasteiger partial charge in [-0.1, -0.05) is 32.9 Å². The number of nitrogens with one attached hydrogen (secondary N) is 1. The van der Waals surface area contributed by atoms with Gasteiger partial charge in [0.1, 0.15) is 0 Å². The van der Waals surface area contributed by atoms with Crippen molar-refractivity contribution in [1.82, 2.24) is 10.2 Å². The van der Waals surface area contributed by atoms with Gasteiger partial charge in [0.25, 0.3) is 0 Å². The smallest absolute Gasteiger partial charge is 0.227 e. The fourth-order valence-electron chi connectivity index (χ4n) is 3.00. The highest BCUT2D eigenvalue weighted by Gasteiger charge is 2.30. The van der Waals surface area contributed by atoms with Crippen molar-refractivity contribution in [2.45, 2.75) is 65.0 Å². The summed E-state index contributed by atoms with van der Waals surface area (Å²) in [7, 11) is 0. The van der Waals surface area contributed by atoms with Crippen LogP contribution in [0.15, 0.2) is 12.2 Å². The summed E-state index contributed by atoms with van der Waals surface area (Å²) in [6.07, 6.45) is 10.4. The van der Waals surface area contributed by atoms with E-state index in [0.29, 0.717) is 18.0 Å².